The van der Waals surface area contributed by atoms with Gasteiger partial charge >= 0.3 is 0 Å². The van der Waals surface area contributed by atoms with Crippen molar-refractivity contribution < 1.29 is 9.59 Å². The molecule has 1 aliphatic rings. The molecule has 6 heteroatoms. The van der Waals surface area contributed by atoms with Gasteiger partial charge in [0.05, 0.1) is 12.5 Å². The molecule has 6 nitrogen and oxygen atoms in total. The van der Waals surface area contributed by atoms with E-state index in [1.54, 1.807) is 41.0 Å². The van der Waals surface area contributed by atoms with Crippen LogP contribution in [0.2, 0.25) is 0 Å². The van der Waals surface area contributed by atoms with Crippen LogP contribution in [-0.2, 0) is 11.3 Å². The molecule has 1 saturated heterocycles. The van der Waals surface area contributed by atoms with Gasteiger partial charge in [0.1, 0.15) is 11.2 Å². The first-order chi connectivity index (χ1) is 9.41. The van der Waals surface area contributed by atoms with E-state index < -0.39 is 5.54 Å². The summed E-state index contributed by atoms with van der Waals surface area (Å²) in [6, 6.07) is 0. The molecule has 0 bridgehead atoms. The van der Waals surface area contributed by atoms with Crippen molar-refractivity contribution >= 4 is 11.8 Å². The van der Waals surface area contributed by atoms with Crippen molar-refractivity contribution in [3.8, 4) is 0 Å². The molecule has 110 valence electrons. The second-order valence-corrected chi connectivity index (χ2v) is 5.60. The molecule has 1 atom stereocenters. The van der Waals surface area contributed by atoms with Crippen LogP contribution < -0.4 is 0 Å². The first kappa shape index (κ1) is 14.6. The lowest BCUT2D eigenvalue weighted by molar-refractivity contribution is -0.138. The van der Waals surface area contributed by atoms with Gasteiger partial charge in [-0.25, -0.2) is 4.98 Å². The summed E-state index contributed by atoms with van der Waals surface area (Å²) in [4.78, 5) is 32.4. The maximum atomic E-state index is 12.7. The molecule has 2 rings (SSSR count). The number of carbonyl (C=O) groups is 2. The highest BCUT2D eigenvalue weighted by Crippen LogP contribution is 2.31. The van der Waals surface area contributed by atoms with Gasteiger partial charge in [-0.05, 0) is 26.7 Å². The van der Waals surface area contributed by atoms with Crippen LogP contribution in [0.1, 0.15) is 37.2 Å². The largest absolute Gasteiger partial charge is 0.347 e. The van der Waals surface area contributed by atoms with Gasteiger partial charge in [0.2, 0.25) is 5.91 Å². The third kappa shape index (κ3) is 2.19. The van der Waals surface area contributed by atoms with Gasteiger partial charge in [-0.15, -0.1) is 0 Å². The van der Waals surface area contributed by atoms with Crippen LogP contribution >= 0.6 is 0 Å². The van der Waals surface area contributed by atoms with E-state index in [-0.39, 0.29) is 11.8 Å². The van der Waals surface area contributed by atoms with Gasteiger partial charge in [0.25, 0.3) is 5.91 Å². The monoisotopic (exact) mass is 278 g/mol. The van der Waals surface area contributed by atoms with Crippen molar-refractivity contribution in [2.24, 2.45) is 0 Å². The van der Waals surface area contributed by atoms with Crippen LogP contribution in [0.3, 0.4) is 0 Å². The highest BCUT2D eigenvalue weighted by Gasteiger charge is 2.47. The number of carbonyl (C=O) groups excluding carboxylic acids is 2. The molecule has 0 aliphatic carbocycles. The zero-order valence-electron chi connectivity index (χ0n) is 12.6. The lowest BCUT2D eigenvalue weighted by Gasteiger charge is -2.35. The predicted molar refractivity (Wildman–Crippen MR) is 75.3 cm³/mol. The Morgan fingerprint density at radius 3 is 2.75 bits per heavy atom. The minimum atomic E-state index is -0.747. The standard InChI is InChI=1S/C14H22N4O2/c1-5-17-10-15-9-11(17)12(19)18-8-6-7-14(18,2)13(20)16(3)4/h9-10H,5-8H2,1-4H3. The molecule has 0 N–H and O–H groups in total. The number of likely N-dealkylation sites (tertiary alicyclic amines) is 1. The first-order valence-electron chi connectivity index (χ1n) is 6.95. The zero-order valence-corrected chi connectivity index (χ0v) is 12.6. The molecule has 0 saturated carbocycles. The number of aryl methyl sites for hydroxylation is 1. The van der Waals surface area contributed by atoms with Crippen molar-refractivity contribution in [2.45, 2.75) is 38.8 Å². The zero-order chi connectivity index (χ0) is 14.9. The minimum absolute atomic E-state index is 0.0223. The normalized spacial score (nSPS) is 22.1. The van der Waals surface area contributed by atoms with Gasteiger partial charge in [-0.2, -0.15) is 0 Å². The lowest BCUT2D eigenvalue weighted by Crippen LogP contribution is -2.55. The van der Waals surface area contributed by atoms with Crippen molar-refractivity contribution in [2.75, 3.05) is 20.6 Å². The summed E-state index contributed by atoms with van der Waals surface area (Å²) < 4.78 is 1.81. The van der Waals surface area contributed by atoms with E-state index in [9.17, 15) is 9.59 Å². The van der Waals surface area contributed by atoms with E-state index in [1.165, 1.54) is 0 Å². The number of nitrogens with zero attached hydrogens (tertiary/aromatic N) is 4. The van der Waals surface area contributed by atoms with Crippen LogP contribution in [0.25, 0.3) is 0 Å². The van der Waals surface area contributed by atoms with Gasteiger partial charge < -0.3 is 14.4 Å². The molecular formula is C14H22N4O2. The van der Waals surface area contributed by atoms with E-state index in [1.807, 2.05) is 13.8 Å². The van der Waals surface area contributed by atoms with Gasteiger partial charge in [-0.3, -0.25) is 9.59 Å². The molecule has 2 amide bonds. The fourth-order valence-corrected chi connectivity index (χ4v) is 2.88. The highest BCUT2D eigenvalue weighted by atomic mass is 16.2. The quantitative estimate of drug-likeness (QED) is 0.828. The molecular weight excluding hydrogens is 256 g/mol. The van der Waals surface area contributed by atoms with Crippen LogP contribution in [-0.4, -0.2) is 57.3 Å². The predicted octanol–water partition coefficient (Wildman–Crippen LogP) is 0.986. The van der Waals surface area contributed by atoms with Gasteiger partial charge in [-0.1, -0.05) is 0 Å². The molecule has 1 aliphatic heterocycles. The Morgan fingerprint density at radius 1 is 1.45 bits per heavy atom. The van der Waals surface area contributed by atoms with Crippen LogP contribution in [0.15, 0.2) is 12.5 Å². The van der Waals surface area contributed by atoms with E-state index in [0.29, 0.717) is 25.2 Å². The first-order valence-corrected chi connectivity index (χ1v) is 6.95. The van der Waals surface area contributed by atoms with E-state index >= 15 is 0 Å². The number of hydrogen-bond acceptors (Lipinski definition) is 3. The second kappa shape index (κ2) is 5.26. The topological polar surface area (TPSA) is 58.4 Å². The summed E-state index contributed by atoms with van der Waals surface area (Å²) in [7, 11) is 3.45. The average Bonchev–Trinajstić information content (AvgIpc) is 3.03. The van der Waals surface area contributed by atoms with Crippen molar-refractivity contribution in [3.63, 3.8) is 0 Å². The molecule has 0 aromatic carbocycles. The van der Waals surface area contributed by atoms with Crippen molar-refractivity contribution in [3.05, 3.63) is 18.2 Å². The van der Waals surface area contributed by atoms with Crippen molar-refractivity contribution in [1.29, 1.82) is 0 Å². The Morgan fingerprint density at radius 2 is 2.15 bits per heavy atom. The van der Waals surface area contributed by atoms with E-state index in [4.69, 9.17) is 0 Å². The van der Waals surface area contributed by atoms with Crippen LogP contribution in [0.5, 0.6) is 0 Å². The number of aromatic nitrogens is 2. The van der Waals surface area contributed by atoms with Crippen LogP contribution in [0.4, 0.5) is 0 Å². The smallest absolute Gasteiger partial charge is 0.273 e. The van der Waals surface area contributed by atoms with Crippen molar-refractivity contribution in [1.82, 2.24) is 19.4 Å². The Balaban J connectivity index is 2.32. The fraction of sp³-hybridized carbons (Fsp3) is 0.643. The highest BCUT2D eigenvalue weighted by molar-refractivity contribution is 5.98. The third-order valence-electron chi connectivity index (χ3n) is 4.03. The Hall–Kier alpha value is -1.85. The molecule has 20 heavy (non-hydrogen) atoms. The number of rotatable bonds is 3. The molecule has 1 fully saturated rings. The Bertz CT molecular complexity index is 523. The maximum Gasteiger partial charge on any atom is 0.273 e. The average molecular weight is 278 g/mol. The summed E-state index contributed by atoms with van der Waals surface area (Å²) in [5, 5.41) is 0. The Labute approximate surface area is 119 Å². The van der Waals surface area contributed by atoms with Gasteiger partial charge in [0, 0.05) is 27.2 Å². The van der Waals surface area contributed by atoms with Crippen LogP contribution in [0, 0.1) is 0 Å². The number of hydrogen-bond donors (Lipinski definition) is 0. The lowest BCUT2D eigenvalue weighted by atomic mass is 9.97. The molecule has 1 unspecified atom stereocenters. The molecule has 1 aromatic rings. The Kier molecular flexibility index (Phi) is 3.83. The summed E-state index contributed by atoms with van der Waals surface area (Å²) in [6.07, 6.45) is 4.78. The van der Waals surface area contributed by atoms with E-state index in [0.717, 1.165) is 6.42 Å². The van der Waals surface area contributed by atoms with Gasteiger partial charge in [0.15, 0.2) is 0 Å². The minimum Gasteiger partial charge on any atom is -0.347 e. The number of amides is 2. The summed E-state index contributed by atoms with van der Waals surface area (Å²) in [6.45, 7) is 5.12. The fourth-order valence-electron chi connectivity index (χ4n) is 2.88. The summed E-state index contributed by atoms with van der Waals surface area (Å²) in [5.41, 5.74) is -0.198. The third-order valence-corrected chi connectivity index (χ3v) is 4.03. The molecule has 2 heterocycles. The molecule has 1 aromatic heterocycles. The number of imidazole rings is 1. The molecule has 0 radical (unpaired) electrons. The maximum absolute atomic E-state index is 12.7. The molecule has 0 spiro atoms. The summed E-state index contributed by atoms with van der Waals surface area (Å²) in [5.74, 6) is -0.134. The number of likely N-dealkylation sites (N-methyl/N-ethyl adjacent to an activating group) is 1. The summed E-state index contributed by atoms with van der Waals surface area (Å²) >= 11 is 0. The second-order valence-electron chi connectivity index (χ2n) is 5.60. The van der Waals surface area contributed by atoms with E-state index in [2.05, 4.69) is 4.98 Å². The SMILES string of the molecule is CCn1cncc1C(=O)N1CCCC1(C)C(=O)N(C)C.